The second-order valence-electron chi connectivity index (χ2n) is 15.2. The molecule has 2 amide bonds. The van der Waals surface area contributed by atoms with Crippen molar-refractivity contribution in [1.82, 2.24) is 19.9 Å². The van der Waals surface area contributed by atoms with Crippen molar-refractivity contribution in [1.29, 1.82) is 0 Å². The van der Waals surface area contributed by atoms with Crippen LogP contribution in [0.25, 0.3) is 22.5 Å². The Balaban J connectivity index is 0.000000177. The van der Waals surface area contributed by atoms with Crippen LogP contribution in [-0.2, 0) is 22.4 Å². The zero-order valence-corrected chi connectivity index (χ0v) is 33.2. The predicted molar refractivity (Wildman–Crippen MR) is 229 cm³/mol. The molecule has 0 aliphatic heterocycles. The molecule has 0 fully saturated rings. The van der Waals surface area contributed by atoms with E-state index in [-0.39, 0.29) is 23.4 Å². The normalized spacial score (nSPS) is 16.1. The molecule has 2 aliphatic carbocycles. The third kappa shape index (κ3) is 9.24. The zero-order chi connectivity index (χ0) is 40.8. The number of nitrogens with zero attached hydrogens (tertiary/aromatic N) is 2. The first kappa shape index (κ1) is 39.4. The standard InChI is InChI=1S/2C23H24N4O2/c2*1-14-8-9-19(29)21-18(12-14)27-22(23(21)26-17-6-4-3-5-7-17)16-10-11-24-20(13-16)25-15(2)28/h2*3-7,10-11,13-14,26-27H,8-9,12H2,1-2H3,(H,24,25,28)/t2*14-/m10/s1. The first-order valence-corrected chi connectivity index (χ1v) is 19.7. The molecule has 4 heterocycles. The Labute approximate surface area is 337 Å². The lowest BCUT2D eigenvalue weighted by Gasteiger charge is -2.11. The number of aromatic amines is 2. The molecular formula is C46H48N8O4. The molecule has 296 valence electrons. The molecule has 2 aliphatic rings. The van der Waals surface area contributed by atoms with Crippen LogP contribution in [0.1, 0.15) is 85.5 Å². The van der Waals surface area contributed by atoms with Crippen molar-refractivity contribution >= 4 is 57.8 Å². The number of ketones is 2. The van der Waals surface area contributed by atoms with E-state index in [4.69, 9.17) is 0 Å². The average molecular weight is 777 g/mol. The number of hydrogen-bond donors (Lipinski definition) is 6. The molecule has 6 aromatic rings. The van der Waals surface area contributed by atoms with Crippen molar-refractivity contribution in [2.45, 2.75) is 66.2 Å². The lowest BCUT2D eigenvalue weighted by Crippen LogP contribution is -2.07. The van der Waals surface area contributed by atoms with E-state index in [2.05, 4.69) is 55.1 Å². The minimum atomic E-state index is -0.177. The van der Waals surface area contributed by atoms with Crippen molar-refractivity contribution in [3.63, 3.8) is 0 Å². The summed E-state index contributed by atoms with van der Waals surface area (Å²) in [4.78, 5) is 64.3. The van der Waals surface area contributed by atoms with Gasteiger partial charge in [-0.15, -0.1) is 0 Å². The summed E-state index contributed by atoms with van der Waals surface area (Å²) in [6.07, 6.45) is 7.84. The highest BCUT2D eigenvalue weighted by Crippen LogP contribution is 2.41. The number of nitrogens with one attached hydrogen (secondary N) is 6. The van der Waals surface area contributed by atoms with Crippen molar-refractivity contribution in [3.05, 3.63) is 120 Å². The summed E-state index contributed by atoms with van der Waals surface area (Å²) in [6.45, 7) is 7.25. The van der Waals surface area contributed by atoms with Crippen molar-refractivity contribution < 1.29 is 19.2 Å². The monoisotopic (exact) mass is 776 g/mol. The Morgan fingerprint density at radius 1 is 0.603 bits per heavy atom. The number of hydrogen-bond acceptors (Lipinski definition) is 8. The van der Waals surface area contributed by atoms with E-state index in [0.717, 1.165) is 93.5 Å². The molecule has 2 atom stereocenters. The highest BCUT2D eigenvalue weighted by Gasteiger charge is 2.29. The predicted octanol–water partition coefficient (Wildman–Crippen LogP) is 9.87. The van der Waals surface area contributed by atoms with Gasteiger partial charge in [-0.3, -0.25) is 19.2 Å². The summed E-state index contributed by atoms with van der Waals surface area (Å²) in [5, 5.41) is 12.3. The second-order valence-corrected chi connectivity index (χ2v) is 15.2. The fraction of sp³-hybridized carbons (Fsp3) is 0.261. The number of Topliss-reactive ketones (excluding diaryl/α,β-unsaturated/α-hetero) is 2. The highest BCUT2D eigenvalue weighted by molar-refractivity contribution is 6.08. The number of carbonyl (C=O) groups excluding carboxylic acids is 4. The second kappa shape index (κ2) is 17.5. The Morgan fingerprint density at radius 2 is 1.00 bits per heavy atom. The molecule has 12 heteroatoms. The molecule has 0 radical (unpaired) electrons. The molecule has 4 aromatic heterocycles. The van der Waals surface area contributed by atoms with Crippen molar-refractivity contribution in [3.8, 4) is 22.5 Å². The molecule has 0 spiro atoms. The maximum absolute atomic E-state index is 13.0. The fourth-order valence-electron chi connectivity index (χ4n) is 7.62. The van der Waals surface area contributed by atoms with Gasteiger partial charge < -0.3 is 31.2 Å². The number of carbonyl (C=O) groups is 4. The molecule has 0 bridgehead atoms. The topological polar surface area (TPSA) is 174 Å². The molecule has 2 aromatic carbocycles. The minimum Gasteiger partial charge on any atom is -0.356 e. The average Bonchev–Trinajstić information content (AvgIpc) is 3.64. The summed E-state index contributed by atoms with van der Waals surface area (Å²) >= 11 is 0. The van der Waals surface area contributed by atoms with Gasteiger partial charge in [0, 0.05) is 73.0 Å². The Kier molecular flexibility index (Phi) is 11.9. The molecule has 0 unspecified atom stereocenters. The lowest BCUT2D eigenvalue weighted by atomic mass is 10.0. The van der Waals surface area contributed by atoms with Crippen LogP contribution >= 0.6 is 0 Å². The Bertz CT molecular complexity index is 2280. The molecule has 0 saturated heterocycles. The Hall–Kier alpha value is -6.82. The van der Waals surface area contributed by atoms with E-state index in [9.17, 15) is 19.2 Å². The van der Waals surface area contributed by atoms with Crippen LogP contribution in [0.15, 0.2) is 97.3 Å². The van der Waals surface area contributed by atoms with Gasteiger partial charge in [-0.25, -0.2) is 9.97 Å². The smallest absolute Gasteiger partial charge is 0.222 e. The minimum absolute atomic E-state index is 0.154. The van der Waals surface area contributed by atoms with Crippen LogP contribution < -0.4 is 21.3 Å². The number of fused-ring (bicyclic) bond motifs is 2. The number of anilines is 6. The van der Waals surface area contributed by atoms with Crippen LogP contribution in [-0.4, -0.2) is 43.3 Å². The number of amides is 2. The SMILES string of the molecule is CC(=O)Nc1cc(-c2[nH]c3c(c2Nc2ccccc2)C(=O)CC[C@@H](C)C3)ccn1.CC(=O)Nc1cc(-c2[nH]c3c(c2Nc2ccccc2)C(=O)CC[C@H](C)C3)ccn1. The number of para-hydroxylation sites is 2. The van der Waals surface area contributed by atoms with Gasteiger partial charge in [0.25, 0.3) is 0 Å². The van der Waals surface area contributed by atoms with E-state index in [1.54, 1.807) is 12.4 Å². The number of pyridine rings is 2. The summed E-state index contributed by atoms with van der Waals surface area (Å²) in [6, 6.07) is 27.0. The molecule has 12 nitrogen and oxygen atoms in total. The van der Waals surface area contributed by atoms with Gasteiger partial charge in [-0.1, -0.05) is 50.2 Å². The molecule has 8 rings (SSSR count). The van der Waals surface area contributed by atoms with Gasteiger partial charge in [-0.2, -0.15) is 0 Å². The van der Waals surface area contributed by atoms with E-state index in [1.165, 1.54) is 13.8 Å². The van der Waals surface area contributed by atoms with Crippen LogP contribution in [0.5, 0.6) is 0 Å². The lowest BCUT2D eigenvalue weighted by molar-refractivity contribution is -0.115. The molecule has 6 N–H and O–H groups in total. The van der Waals surface area contributed by atoms with Gasteiger partial charge in [0.05, 0.1) is 33.9 Å². The maximum Gasteiger partial charge on any atom is 0.222 e. The van der Waals surface area contributed by atoms with Gasteiger partial charge in [0.15, 0.2) is 11.6 Å². The van der Waals surface area contributed by atoms with Gasteiger partial charge in [0.2, 0.25) is 11.8 Å². The maximum atomic E-state index is 13.0. The number of rotatable bonds is 8. The molecule has 0 saturated carbocycles. The third-order valence-corrected chi connectivity index (χ3v) is 10.3. The largest absolute Gasteiger partial charge is 0.356 e. The first-order valence-electron chi connectivity index (χ1n) is 19.7. The molecule has 58 heavy (non-hydrogen) atoms. The fourth-order valence-corrected chi connectivity index (χ4v) is 7.62. The quantitative estimate of drug-likeness (QED) is 0.0829. The highest BCUT2D eigenvalue weighted by atomic mass is 16.2. The van der Waals surface area contributed by atoms with Gasteiger partial charge in [-0.05, 0) is 86.1 Å². The van der Waals surface area contributed by atoms with E-state index < -0.39 is 0 Å². The van der Waals surface area contributed by atoms with Crippen LogP contribution in [0.2, 0.25) is 0 Å². The van der Waals surface area contributed by atoms with Crippen molar-refractivity contribution in [2.75, 3.05) is 21.3 Å². The summed E-state index contributed by atoms with van der Waals surface area (Å²) < 4.78 is 0. The third-order valence-electron chi connectivity index (χ3n) is 10.3. The van der Waals surface area contributed by atoms with Crippen LogP contribution in [0.4, 0.5) is 34.4 Å². The van der Waals surface area contributed by atoms with E-state index in [1.807, 2.05) is 84.9 Å². The summed E-state index contributed by atoms with van der Waals surface area (Å²) in [5.74, 6) is 1.78. The van der Waals surface area contributed by atoms with Gasteiger partial charge >= 0.3 is 0 Å². The summed E-state index contributed by atoms with van der Waals surface area (Å²) in [5.41, 5.74) is 10.2. The number of benzene rings is 2. The Morgan fingerprint density at radius 3 is 1.38 bits per heavy atom. The summed E-state index contributed by atoms with van der Waals surface area (Å²) in [7, 11) is 0. The zero-order valence-electron chi connectivity index (χ0n) is 33.2. The van der Waals surface area contributed by atoms with E-state index >= 15 is 0 Å². The number of aromatic nitrogens is 4. The molecular weight excluding hydrogens is 729 g/mol. The van der Waals surface area contributed by atoms with E-state index in [0.29, 0.717) is 36.3 Å². The number of H-pyrrole nitrogens is 2. The van der Waals surface area contributed by atoms with Gasteiger partial charge in [0.1, 0.15) is 11.6 Å². The van der Waals surface area contributed by atoms with Crippen LogP contribution in [0.3, 0.4) is 0 Å². The van der Waals surface area contributed by atoms with Crippen LogP contribution in [0, 0.1) is 11.8 Å². The first-order chi connectivity index (χ1) is 28.0. The van der Waals surface area contributed by atoms with Crippen molar-refractivity contribution in [2.24, 2.45) is 11.8 Å².